The molecule has 0 unspecified atom stereocenters. The molecule has 0 aliphatic carbocycles. The average Bonchev–Trinajstić information content (AvgIpc) is 2.50. The van der Waals surface area contributed by atoms with Crippen LogP contribution in [0, 0.1) is 0 Å². The van der Waals surface area contributed by atoms with E-state index in [9.17, 15) is 0 Å². The third-order valence-corrected chi connectivity index (χ3v) is 2.61. The fourth-order valence-corrected chi connectivity index (χ4v) is 1.59. The molecule has 0 saturated carbocycles. The van der Waals surface area contributed by atoms with Gasteiger partial charge in [0.05, 0.1) is 19.3 Å². The summed E-state index contributed by atoms with van der Waals surface area (Å²) in [7, 11) is 3.36. The molecule has 0 aliphatic rings. The molecule has 6 nitrogen and oxygen atoms in total. The lowest BCUT2D eigenvalue weighted by atomic mass is 10.3. The van der Waals surface area contributed by atoms with E-state index in [1.54, 1.807) is 14.2 Å². The van der Waals surface area contributed by atoms with Crippen molar-refractivity contribution >= 4 is 29.9 Å². The van der Waals surface area contributed by atoms with Crippen molar-refractivity contribution in [2.24, 2.45) is 4.99 Å². The van der Waals surface area contributed by atoms with Crippen molar-refractivity contribution in [3.8, 4) is 5.88 Å². The first-order chi connectivity index (χ1) is 9.80. The van der Waals surface area contributed by atoms with Gasteiger partial charge in [0.15, 0.2) is 5.96 Å². The normalized spacial score (nSPS) is 10.7. The standard InChI is InChI=1S/C14H24N4O2.HI/c1-4-20-10-6-9-16-14(15-2)17-11-12-7-5-8-13(18-12)19-3;/h5,7-8H,4,6,9-11H2,1-3H3,(H2,15,16,17);1H. The number of guanidine groups is 1. The highest BCUT2D eigenvalue weighted by atomic mass is 127. The van der Waals surface area contributed by atoms with Crippen molar-refractivity contribution in [1.29, 1.82) is 0 Å². The Morgan fingerprint density at radius 3 is 2.81 bits per heavy atom. The summed E-state index contributed by atoms with van der Waals surface area (Å²) in [6, 6.07) is 5.68. The van der Waals surface area contributed by atoms with Crippen LogP contribution in [0.1, 0.15) is 19.0 Å². The van der Waals surface area contributed by atoms with Crippen LogP contribution in [0.4, 0.5) is 0 Å². The van der Waals surface area contributed by atoms with Crippen molar-refractivity contribution < 1.29 is 9.47 Å². The number of aliphatic imine (C=N–C) groups is 1. The second-order valence-electron chi connectivity index (χ2n) is 4.07. The number of nitrogens with one attached hydrogen (secondary N) is 2. The maximum atomic E-state index is 5.28. The molecule has 0 atom stereocenters. The van der Waals surface area contributed by atoms with Gasteiger partial charge < -0.3 is 20.1 Å². The molecule has 1 aromatic heterocycles. The fraction of sp³-hybridized carbons (Fsp3) is 0.571. The fourth-order valence-electron chi connectivity index (χ4n) is 1.59. The van der Waals surface area contributed by atoms with E-state index in [4.69, 9.17) is 9.47 Å². The van der Waals surface area contributed by atoms with Crippen molar-refractivity contribution in [2.75, 3.05) is 33.9 Å². The van der Waals surface area contributed by atoms with Crippen molar-refractivity contribution in [1.82, 2.24) is 15.6 Å². The van der Waals surface area contributed by atoms with Gasteiger partial charge in [0.2, 0.25) is 5.88 Å². The number of hydrogen-bond donors (Lipinski definition) is 2. The Hall–Kier alpha value is -1.09. The zero-order valence-electron chi connectivity index (χ0n) is 12.9. The molecular weight excluding hydrogens is 383 g/mol. The largest absolute Gasteiger partial charge is 0.481 e. The van der Waals surface area contributed by atoms with E-state index in [1.165, 1.54) is 0 Å². The van der Waals surface area contributed by atoms with Crippen LogP contribution >= 0.6 is 24.0 Å². The van der Waals surface area contributed by atoms with Crippen LogP contribution in [0.2, 0.25) is 0 Å². The summed E-state index contributed by atoms with van der Waals surface area (Å²) in [6.45, 7) is 4.94. The molecule has 0 spiro atoms. The lowest BCUT2D eigenvalue weighted by Gasteiger charge is -2.11. The van der Waals surface area contributed by atoms with Gasteiger partial charge in [-0.1, -0.05) is 6.07 Å². The van der Waals surface area contributed by atoms with E-state index in [1.807, 2.05) is 25.1 Å². The topological polar surface area (TPSA) is 67.8 Å². The summed E-state index contributed by atoms with van der Waals surface area (Å²) < 4.78 is 10.4. The summed E-state index contributed by atoms with van der Waals surface area (Å²) >= 11 is 0. The monoisotopic (exact) mass is 408 g/mol. The molecule has 120 valence electrons. The Morgan fingerprint density at radius 1 is 1.33 bits per heavy atom. The Morgan fingerprint density at radius 2 is 2.14 bits per heavy atom. The molecule has 1 rings (SSSR count). The SMILES string of the molecule is CCOCCCNC(=NC)NCc1cccc(OC)n1.I. The third-order valence-electron chi connectivity index (χ3n) is 2.61. The highest BCUT2D eigenvalue weighted by molar-refractivity contribution is 14.0. The molecule has 1 aromatic rings. The molecule has 0 saturated heterocycles. The lowest BCUT2D eigenvalue weighted by molar-refractivity contribution is 0.145. The molecule has 0 aliphatic heterocycles. The minimum Gasteiger partial charge on any atom is -0.481 e. The second kappa shape index (κ2) is 12.6. The van der Waals surface area contributed by atoms with Crippen LogP contribution in [-0.2, 0) is 11.3 Å². The minimum absolute atomic E-state index is 0. The number of nitrogens with zero attached hydrogens (tertiary/aromatic N) is 2. The minimum atomic E-state index is 0. The van der Waals surface area contributed by atoms with Crippen LogP contribution in [-0.4, -0.2) is 44.9 Å². The summed E-state index contributed by atoms with van der Waals surface area (Å²) in [5, 5.41) is 6.43. The first-order valence-electron chi connectivity index (χ1n) is 6.82. The third kappa shape index (κ3) is 8.71. The Kier molecular flexibility index (Phi) is 12.0. The molecule has 0 bridgehead atoms. The van der Waals surface area contributed by atoms with Crippen LogP contribution < -0.4 is 15.4 Å². The van der Waals surface area contributed by atoms with Gasteiger partial charge in [0.1, 0.15) is 0 Å². The van der Waals surface area contributed by atoms with E-state index in [0.717, 1.165) is 37.8 Å². The maximum absolute atomic E-state index is 5.28. The highest BCUT2D eigenvalue weighted by Crippen LogP contribution is 2.05. The summed E-state index contributed by atoms with van der Waals surface area (Å²) in [5.74, 6) is 1.37. The smallest absolute Gasteiger partial charge is 0.213 e. The predicted molar refractivity (Wildman–Crippen MR) is 95.5 cm³/mol. The van der Waals surface area contributed by atoms with Gasteiger partial charge in [0.25, 0.3) is 0 Å². The molecule has 1 heterocycles. The van der Waals surface area contributed by atoms with E-state index >= 15 is 0 Å². The Labute approximate surface area is 143 Å². The molecule has 2 N–H and O–H groups in total. The Bertz CT molecular complexity index is 416. The number of ether oxygens (including phenoxy) is 2. The van der Waals surface area contributed by atoms with Crippen molar-refractivity contribution in [2.45, 2.75) is 19.9 Å². The van der Waals surface area contributed by atoms with Gasteiger partial charge >= 0.3 is 0 Å². The second-order valence-corrected chi connectivity index (χ2v) is 4.07. The molecular formula is C14H25IN4O2. The van der Waals surface area contributed by atoms with Gasteiger partial charge in [-0.15, -0.1) is 24.0 Å². The van der Waals surface area contributed by atoms with Gasteiger partial charge in [-0.05, 0) is 19.4 Å². The van der Waals surface area contributed by atoms with Gasteiger partial charge in [-0.25, -0.2) is 4.98 Å². The van der Waals surface area contributed by atoms with E-state index in [-0.39, 0.29) is 24.0 Å². The molecule has 7 heteroatoms. The van der Waals surface area contributed by atoms with E-state index in [2.05, 4.69) is 20.6 Å². The first-order valence-corrected chi connectivity index (χ1v) is 6.82. The maximum Gasteiger partial charge on any atom is 0.213 e. The average molecular weight is 408 g/mol. The van der Waals surface area contributed by atoms with Crippen LogP contribution in [0.25, 0.3) is 0 Å². The number of hydrogen-bond acceptors (Lipinski definition) is 4. The summed E-state index contributed by atoms with van der Waals surface area (Å²) in [4.78, 5) is 8.49. The first kappa shape index (κ1) is 19.9. The number of halogens is 1. The predicted octanol–water partition coefficient (Wildman–Crippen LogP) is 1.80. The molecule has 0 amide bonds. The Balaban J connectivity index is 0.00000400. The van der Waals surface area contributed by atoms with Gasteiger partial charge in [0, 0.05) is 32.9 Å². The summed E-state index contributed by atoms with van der Waals surface area (Å²) in [6.07, 6.45) is 0.950. The molecule has 0 fully saturated rings. The van der Waals surface area contributed by atoms with Gasteiger partial charge in [-0.3, -0.25) is 4.99 Å². The molecule has 21 heavy (non-hydrogen) atoms. The molecule has 0 aromatic carbocycles. The number of methoxy groups -OCH3 is 1. The number of rotatable bonds is 8. The highest BCUT2D eigenvalue weighted by Gasteiger charge is 2.00. The molecule has 0 radical (unpaired) electrons. The van der Waals surface area contributed by atoms with E-state index in [0.29, 0.717) is 12.4 Å². The zero-order chi connectivity index (χ0) is 14.6. The van der Waals surface area contributed by atoms with Crippen LogP contribution in [0.3, 0.4) is 0 Å². The lowest BCUT2D eigenvalue weighted by Crippen LogP contribution is -2.37. The zero-order valence-corrected chi connectivity index (χ0v) is 15.2. The summed E-state index contributed by atoms with van der Waals surface area (Å²) in [5.41, 5.74) is 0.904. The van der Waals surface area contributed by atoms with Crippen LogP contribution in [0.15, 0.2) is 23.2 Å². The van der Waals surface area contributed by atoms with E-state index < -0.39 is 0 Å². The van der Waals surface area contributed by atoms with Crippen molar-refractivity contribution in [3.63, 3.8) is 0 Å². The quantitative estimate of drug-likeness (QED) is 0.297. The van der Waals surface area contributed by atoms with Gasteiger partial charge in [-0.2, -0.15) is 0 Å². The van der Waals surface area contributed by atoms with Crippen molar-refractivity contribution in [3.05, 3.63) is 23.9 Å². The van der Waals surface area contributed by atoms with Crippen LogP contribution in [0.5, 0.6) is 5.88 Å². The number of aromatic nitrogens is 1. The number of pyridine rings is 1.